The number of ether oxygens (including phenoxy) is 1. The van der Waals surface area contributed by atoms with E-state index in [1.165, 1.54) is 24.9 Å². The Labute approximate surface area is 150 Å². The number of hydrogen-bond donors (Lipinski definition) is 2. The van der Waals surface area contributed by atoms with Gasteiger partial charge < -0.3 is 20.3 Å². The minimum Gasteiger partial charge on any atom is -0.379 e. The molecule has 2 aliphatic heterocycles. The van der Waals surface area contributed by atoms with Crippen molar-refractivity contribution in [3.8, 4) is 0 Å². The number of piperidine rings is 1. The molecule has 0 aliphatic carbocycles. The SMILES string of the molecule is O=C(CNCCN1CCOCC1)Nc1ccc(N2CCCCC2)cc1. The first kappa shape index (κ1) is 18.2. The molecule has 2 fully saturated rings. The summed E-state index contributed by atoms with van der Waals surface area (Å²) >= 11 is 0. The quantitative estimate of drug-likeness (QED) is 0.734. The van der Waals surface area contributed by atoms with Crippen LogP contribution in [0.4, 0.5) is 11.4 Å². The van der Waals surface area contributed by atoms with Gasteiger partial charge in [-0.15, -0.1) is 0 Å². The van der Waals surface area contributed by atoms with Gasteiger partial charge in [0.2, 0.25) is 5.91 Å². The second-order valence-electron chi connectivity index (χ2n) is 6.77. The van der Waals surface area contributed by atoms with Crippen LogP contribution in [0.5, 0.6) is 0 Å². The summed E-state index contributed by atoms with van der Waals surface area (Å²) in [5, 5.41) is 6.17. The summed E-state index contributed by atoms with van der Waals surface area (Å²) in [6.07, 6.45) is 3.88. The Morgan fingerprint density at radius 1 is 1.00 bits per heavy atom. The van der Waals surface area contributed by atoms with Crippen molar-refractivity contribution < 1.29 is 9.53 Å². The minimum absolute atomic E-state index is 0.00713. The second-order valence-corrected chi connectivity index (χ2v) is 6.77. The number of nitrogens with zero attached hydrogens (tertiary/aromatic N) is 2. The van der Waals surface area contributed by atoms with E-state index in [9.17, 15) is 4.79 Å². The van der Waals surface area contributed by atoms with Crippen molar-refractivity contribution in [2.45, 2.75) is 19.3 Å². The lowest BCUT2D eigenvalue weighted by Crippen LogP contribution is -2.41. The molecular weight excluding hydrogens is 316 g/mol. The first-order valence-electron chi connectivity index (χ1n) is 9.47. The van der Waals surface area contributed by atoms with E-state index in [0.29, 0.717) is 6.54 Å². The van der Waals surface area contributed by atoms with Crippen LogP contribution in [-0.2, 0) is 9.53 Å². The van der Waals surface area contributed by atoms with Crippen LogP contribution in [0.2, 0.25) is 0 Å². The average Bonchev–Trinajstić information content (AvgIpc) is 2.67. The number of amides is 1. The second kappa shape index (κ2) is 9.75. The summed E-state index contributed by atoms with van der Waals surface area (Å²) in [7, 11) is 0. The highest BCUT2D eigenvalue weighted by molar-refractivity contribution is 5.92. The Balaban J connectivity index is 1.34. The molecule has 6 nitrogen and oxygen atoms in total. The summed E-state index contributed by atoms with van der Waals surface area (Å²) in [4.78, 5) is 16.8. The van der Waals surface area contributed by atoms with Gasteiger partial charge in [-0.3, -0.25) is 9.69 Å². The van der Waals surface area contributed by atoms with Gasteiger partial charge in [0.05, 0.1) is 19.8 Å². The van der Waals surface area contributed by atoms with E-state index in [-0.39, 0.29) is 5.91 Å². The van der Waals surface area contributed by atoms with Crippen molar-refractivity contribution in [3.05, 3.63) is 24.3 Å². The van der Waals surface area contributed by atoms with Gasteiger partial charge in [-0.2, -0.15) is 0 Å². The standard InChI is InChI=1S/C19H30N4O2/c24-19(16-20-8-11-22-12-14-25-15-13-22)21-17-4-6-18(7-5-17)23-9-2-1-3-10-23/h4-7,20H,1-3,8-16H2,(H,21,24). The van der Waals surface area contributed by atoms with E-state index in [4.69, 9.17) is 4.74 Å². The maximum Gasteiger partial charge on any atom is 0.238 e. The van der Waals surface area contributed by atoms with E-state index in [1.807, 2.05) is 12.1 Å². The van der Waals surface area contributed by atoms with Crippen LogP contribution < -0.4 is 15.5 Å². The highest BCUT2D eigenvalue weighted by Gasteiger charge is 2.11. The zero-order valence-electron chi connectivity index (χ0n) is 15.0. The molecule has 1 amide bonds. The van der Waals surface area contributed by atoms with Crippen molar-refractivity contribution >= 4 is 17.3 Å². The van der Waals surface area contributed by atoms with E-state index >= 15 is 0 Å². The maximum absolute atomic E-state index is 12.0. The monoisotopic (exact) mass is 346 g/mol. The van der Waals surface area contributed by atoms with Gasteiger partial charge in [-0.1, -0.05) is 0 Å². The molecule has 0 saturated carbocycles. The highest BCUT2D eigenvalue weighted by Crippen LogP contribution is 2.21. The highest BCUT2D eigenvalue weighted by atomic mass is 16.5. The van der Waals surface area contributed by atoms with E-state index in [2.05, 4.69) is 32.6 Å². The molecule has 1 aromatic carbocycles. The molecule has 25 heavy (non-hydrogen) atoms. The molecule has 0 bridgehead atoms. The molecule has 0 radical (unpaired) electrons. The van der Waals surface area contributed by atoms with Crippen LogP contribution in [0.1, 0.15) is 19.3 Å². The van der Waals surface area contributed by atoms with Crippen LogP contribution >= 0.6 is 0 Å². The predicted octanol–water partition coefficient (Wildman–Crippen LogP) is 1.54. The Bertz CT molecular complexity index is 523. The minimum atomic E-state index is 0.00713. The van der Waals surface area contributed by atoms with Gasteiger partial charge in [0.15, 0.2) is 0 Å². The van der Waals surface area contributed by atoms with Crippen LogP contribution in [0, 0.1) is 0 Å². The smallest absolute Gasteiger partial charge is 0.238 e. The molecule has 0 aromatic heterocycles. The molecule has 2 aliphatic rings. The number of carbonyl (C=O) groups is 1. The predicted molar refractivity (Wildman–Crippen MR) is 101 cm³/mol. The van der Waals surface area contributed by atoms with Gasteiger partial charge in [-0.05, 0) is 43.5 Å². The molecule has 3 rings (SSSR count). The fraction of sp³-hybridized carbons (Fsp3) is 0.632. The summed E-state index contributed by atoms with van der Waals surface area (Å²) in [5.74, 6) is 0.00713. The van der Waals surface area contributed by atoms with Gasteiger partial charge in [0.1, 0.15) is 0 Å². The zero-order valence-corrected chi connectivity index (χ0v) is 15.0. The first-order chi connectivity index (χ1) is 12.3. The van der Waals surface area contributed by atoms with Crippen molar-refractivity contribution in [1.82, 2.24) is 10.2 Å². The van der Waals surface area contributed by atoms with Crippen molar-refractivity contribution in [2.24, 2.45) is 0 Å². The van der Waals surface area contributed by atoms with Crippen molar-refractivity contribution in [2.75, 3.05) is 69.2 Å². The van der Waals surface area contributed by atoms with E-state index < -0.39 is 0 Å². The molecule has 2 saturated heterocycles. The third-order valence-corrected chi connectivity index (χ3v) is 4.87. The normalized spacial score (nSPS) is 19.0. The molecular formula is C19H30N4O2. The van der Waals surface area contributed by atoms with Crippen LogP contribution in [-0.4, -0.2) is 69.8 Å². The van der Waals surface area contributed by atoms with Gasteiger partial charge >= 0.3 is 0 Å². The number of carbonyl (C=O) groups excluding carboxylic acids is 1. The van der Waals surface area contributed by atoms with Crippen molar-refractivity contribution in [3.63, 3.8) is 0 Å². The van der Waals surface area contributed by atoms with Crippen molar-refractivity contribution in [1.29, 1.82) is 0 Å². The third kappa shape index (κ3) is 5.99. The lowest BCUT2D eigenvalue weighted by Gasteiger charge is -2.28. The number of rotatable bonds is 7. The zero-order chi connectivity index (χ0) is 17.3. The number of morpholine rings is 1. The lowest BCUT2D eigenvalue weighted by molar-refractivity contribution is -0.115. The van der Waals surface area contributed by atoms with Gasteiger partial charge in [-0.25, -0.2) is 0 Å². The Morgan fingerprint density at radius 2 is 1.72 bits per heavy atom. The summed E-state index contributed by atoms with van der Waals surface area (Å²) in [5.41, 5.74) is 2.11. The summed E-state index contributed by atoms with van der Waals surface area (Å²) < 4.78 is 5.33. The third-order valence-electron chi connectivity index (χ3n) is 4.87. The molecule has 2 N–H and O–H groups in total. The molecule has 6 heteroatoms. The fourth-order valence-electron chi connectivity index (χ4n) is 3.38. The van der Waals surface area contributed by atoms with E-state index in [1.54, 1.807) is 0 Å². The molecule has 1 aromatic rings. The average molecular weight is 346 g/mol. The molecule has 0 spiro atoms. The molecule has 138 valence electrons. The number of hydrogen-bond acceptors (Lipinski definition) is 5. The summed E-state index contributed by atoms with van der Waals surface area (Å²) in [6.45, 7) is 7.99. The molecule has 0 atom stereocenters. The Hall–Kier alpha value is -1.63. The fourth-order valence-corrected chi connectivity index (χ4v) is 3.38. The summed E-state index contributed by atoms with van der Waals surface area (Å²) in [6, 6.07) is 8.20. The van der Waals surface area contributed by atoms with Gasteiger partial charge in [0, 0.05) is 50.6 Å². The van der Waals surface area contributed by atoms with Crippen LogP contribution in [0.25, 0.3) is 0 Å². The topological polar surface area (TPSA) is 56.8 Å². The molecule has 0 unspecified atom stereocenters. The van der Waals surface area contributed by atoms with Crippen LogP contribution in [0.15, 0.2) is 24.3 Å². The van der Waals surface area contributed by atoms with Crippen LogP contribution in [0.3, 0.4) is 0 Å². The largest absolute Gasteiger partial charge is 0.379 e. The molecule has 2 heterocycles. The Morgan fingerprint density at radius 3 is 2.44 bits per heavy atom. The van der Waals surface area contributed by atoms with Gasteiger partial charge in [0.25, 0.3) is 0 Å². The Kier molecular flexibility index (Phi) is 7.09. The first-order valence-corrected chi connectivity index (χ1v) is 9.47. The maximum atomic E-state index is 12.0. The number of benzene rings is 1. The lowest BCUT2D eigenvalue weighted by atomic mass is 10.1. The number of nitrogens with one attached hydrogen (secondary N) is 2. The van der Waals surface area contributed by atoms with E-state index in [0.717, 1.165) is 58.2 Å². The number of anilines is 2.